The van der Waals surface area contributed by atoms with Crippen molar-refractivity contribution in [2.75, 3.05) is 0 Å². The van der Waals surface area contributed by atoms with E-state index in [0.29, 0.717) is 0 Å². The standard InChI is InChI=1S/C14H21NO2/c1-9(2)15-14(16)12(5)17-13-7-6-10(3)11(4)8-13/h6-9,12H,1-5H3,(H,15,16)/t12-/m0/s1. The maximum absolute atomic E-state index is 11.7. The normalized spacial score (nSPS) is 12.4. The summed E-state index contributed by atoms with van der Waals surface area (Å²) in [6.07, 6.45) is -0.473. The molecule has 0 saturated carbocycles. The number of hydrogen-bond donors (Lipinski definition) is 1. The summed E-state index contributed by atoms with van der Waals surface area (Å²) < 4.78 is 5.60. The summed E-state index contributed by atoms with van der Waals surface area (Å²) in [5, 5.41) is 2.82. The van der Waals surface area contributed by atoms with Gasteiger partial charge in [0.15, 0.2) is 6.10 Å². The molecule has 0 aliphatic heterocycles. The van der Waals surface area contributed by atoms with Crippen molar-refractivity contribution in [1.29, 1.82) is 0 Å². The van der Waals surface area contributed by atoms with Gasteiger partial charge < -0.3 is 10.1 Å². The van der Waals surface area contributed by atoms with Gasteiger partial charge in [-0.3, -0.25) is 4.79 Å². The molecular formula is C14H21NO2. The topological polar surface area (TPSA) is 38.3 Å². The van der Waals surface area contributed by atoms with E-state index in [-0.39, 0.29) is 11.9 Å². The van der Waals surface area contributed by atoms with Crippen LogP contribution in [-0.4, -0.2) is 18.1 Å². The van der Waals surface area contributed by atoms with Crippen LogP contribution in [0.1, 0.15) is 31.9 Å². The summed E-state index contributed by atoms with van der Waals surface area (Å²) in [5.41, 5.74) is 2.38. The number of rotatable bonds is 4. The van der Waals surface area contributed by atoms with Gasteiger partial charge in [0, 0.05) is 6.04 Å². The Morgan fingerprint density at radius 2 is 1.82 bits per heavy atom. The van der Waals surface area contributed by atoms with Gasteiger partial charge in [0.25, 0.3) is 5.91 Å². The molecule has 1 amide bonds. The lowest BCUT2D eigenvalue weighted by Gasteiger charge is -2.17. The Bertz CT molecular complexity index is 399. The van der Waals surface area contributed by atoms with Crippen LogP contribution in [0.2, 0.25) is 0 Å². The van der Waals surface area contributed by atoms with Crippen molar-refractivity contribution in [1.82, 2.24) is 5.32 Å². The lowest BCUT2D eigenvalue weighted by molar-refractivity contribution is -0.127. The third kappa shape index (κ3) is 4.10. The van der Waals surface area contributed by atoms with Crippen LogP contribution in [0, 0.1) is 13.8 Å². The molecule has 1 rings (SSSR count). The van der Waals surface area contributed by atoms with Crippen LogP contribution in [0.5, 0.6) is 5.75 Å². The van der Waals surface area contributed by atoms with E-state index >= 15 is 0 Å². The lowest BCUT2D eigenvalue weighted by atomic mass is 10.1. The van der Waals surface area contributed by atoms with Crippen molar-refractivity contribution in [3.63, 3.8) is 0 Å². The quantitative estimate of drug-likeness (QED) is 0.871. The highest BCUT2D eigenvalue weighted by atomic mass is 16.5. The van der Waals surface area contributed by atoms with E-state index in [1.54, 1.807) is 6.92 Å². The minimum atomic E-state index is -0.473. The minimum absolute atomic E-state index is 0.0850. The van der Waals surface area contributed by atoms with Crippen molar-refractivity contribution >= 4 is 5.91 Å². The van der Waals surface area contributed by atoms with Crippen molar-refractivity contribution in [2.45, 2.75) is 46.8 Å². The molecular weight excluding hydrogens is 214 g/mol. The van der Waals surface area contributed by atoms with Gasteiger partial charge in [0.1, 0.15) is 5.75 Å². The molecule has 0 fully saturated rings. The van der Waals surface area contributed by atoms with Crippen LogP contribution in [0.25, 0.3) is 0 Å². The van der Waals surface area contributed by atoms with Gasteiger partial charge >= 0.3 is 0 Å². The molecule has 1 aromatic rings. The number of aryl methyl sites for hydroxylation is 2. The first-order valence-corrected chi connectivity index (χ1v) is 5.94. The van der Waals surface area contributed by atoms with Crippen molar-refractivity contribution < 1.29 is 9.53 Å². The number of amides is 1. The molecule has 0 saturated heterocycles. The van der Waals surface area contributed by atoms with E-state index in [1.807, 2.05) is 45.9 Å². The van der Waals surface area contributed by atoms with E-state index in [9.17, 15) is 4.79 Å². The zero-order chi connectivity index (χ0) is 13.0. The molecule has 0 aliphatic carbocycles. The molecule has 0 unspecified atom stereocenters. The summed E-state index contributed by atoms with van der Waals surface area (Å²) in [6, 6.07) is 5.97. The van der Waals surface area contributed by atoms with Gasteiger partial charge in [-0.25, -0.2) is 0 Å². The fourth-order valence-corrected chi connectivity index (χ4v) is 1.45. The number of carbonyl (C=O) groups is 1. The molecule has 0 aromatic heterocycles. The molecule has 94 valence electrons. The van der Waals surface area contributed by atoms with Gasteiger partial charge in [-0.15, -0.1) is 0 Å². The highest BCUT2D eigenvalue weighted by molar-refractivity contribution is 5.80. The largest absolute Gasteiger partial charge is 0.481 e. The number of hydrogen-bond acceptors (Lipinski definition) is 2. The molecule has 3 heteroatoms. The molecule has 0 spiro atoms. The van der Waals surface area contributed by atoms with E-state index in [1.165, 1.54) is 11.1 Å². The Labute approximate surface area is 103 Å². The molecule has 0 heterocycles. The predicted octanol–water partition coefficient (Wildman–Crippen LogP) is 2.60. The Balaban J connectivity index is 2.64. The first-order chi connectivity index (χ1) is 7.90. The monoisotopic (exact) mass is 235 g/mol. The van der Waals surface area contributed by atoms with Gasteiger partial charge in [-0.1, -0.05) is 6.07 Å². The van der Waals surface area contributed by atoms with Crippen molar-refractivity contribution in [3.8, 4) is 5.75 Å². The molecule has 1 atom stereocenters. The SMILES string of the molecule is Cc1ccc(O[C@@H](C)C(=O)NC(C)C)cc1C. The molecule has 1 N–H and O–H groups in total. The summed E-state index contributed by atoms with van der Waals surface area (Å²) in [7, 11) is 0. The highest BCUT2D eigenvalue weighted by Gasteiger charge is 2.15. The molecule has 0 aliphatic rings. The zero-order valence-corrected chi connectivity index (χ0v) is 11.2. The van der Waals surface area contributed by atoms with Crippen LogP contribution in [0.15, 0.2) is 18.2 Å². The zero-order valence-electron chi connectivity index (χ0n) is 11.2. The van der Waals surface area contributed by atoms with Crippen LogP contribution >= 0.6 is 0 Å². The summed E-state index contributed by atoms with van der Waals surface area (Å²) in [6.45, 7) is 9.70. The lowest BCUT2D eigenvalue weighted by Crippen LogP contribution is -2.40. The van der Waals surface area contributed by atoms with E-state index in [4.69, 9.17) is 4.74 Å². The number of carbonyl (C=O) groups excluding carboxylic acids is 1. The van der Waals surface area contributed by atoms with Gasteiger partial charge in [-0.2, -0.15) is 0 Å². The highest BCUT2D eigenvalue weighted by Crippen LogP contribution is 2.17. The third-order valence-electron chi connectivity index (χ3n) is 2.59. The molecule has 1 aromatic carbocycles. The first-order valence-electron chi connectivity index (χ1n) is 5.94. The number of benzene rings is 1. The molecule has 17 heavy (non-hydrogen) atoms. The molecule has 3 nitrogen and oxygen atoms in total. The molecule has 0 radical (unpaired) electrons. The maximum atomic E-state index is 11.7. The predicted molar refractivity (Wildman–Crippen MR) is 69.3 cm³/mol. The Kier molecular flexibility index (Phi) is 4.55. The summed E-state index contributed by atoms with van der Waals surface area (Å²) >= 11 is 0. The number of nitrogens with one attached hydrogen (secondary N) is 1. The van der Waals surface area contributed by atoms with Gasteiger partial charge in [-0.05, 0) is 57.9 Å². The smallest absolute Gasteiger partial charge is 0.260 e. The first kappa shape index (κ1) is 13.6. The second-order valence-electron chi connectivity index (χ2n) is 4.67. The Morgan fingerprint density at radius 3 is 2.35 bits per heavy atom. The number of ether oxygens (including phenoxy) is 1. The minimum Gasteiger partial charge on any atom is -0.481 e. The van der Waals surface area contributed by atoms with Gasteiger partial charge in [0.05, 0.1) is 0 Å². The Morgan fingerprint density at radius 1 is 1.18 bits per heavy atom. The van der Waals surface area contributed by atoms with Crippen LogP contribution in [0.4, 0.5) is 0 Å². The summed E-state index contributed by atoms with van der Waals surface area (Å²) in [4.78, 5) is 11.7. The maximum Gasteiger partial charge on any atom is 0.260 e. The second-order valence-corrected chi connectivity index (χ2v) is 4.67. The van der Waals surface area contributed by atoms with Crippen molar-refractivity contribution in [2.24, 2.45) is 0 Å². The fraction of sp³-hybridized carbons (Fsp3) is 0.500. The van der Waals surface area contributed by atoms with Crippen LogP contribution in [0.3, 0.4) is 0 Å². The average Bonchev–Trinajstić information content (AvgIpc) is 2.22. The van der Waals surface area contributed by atoms with Crippen molar-refractivity contribution in [3.05, 3.63) is 29.3 Å². The fourth-order valence-electron chi connectivity index (χ4n) is 1.45. The average molecular weight is 235 g/mol. The van der Waals surface area contributed by atoms with Gasteiger partial charge in [0.2, 0.25) is 0 Å². The van der Waals surface area contributed by atoms with Crippen LogP contribution < -0.4 is 10.1 Å². The third-order valence-corrected chi connectivity index (χ3v) is 2.59. The van der Waals surface area contributed by atoms with E-state index in [2.05, 4.69) is 5.32 Å². The van der Waals surface area contributed by atoms with E-state index < -0.39 is 6.10 Å². The second kappa shape index (κ2) is 5.71. The Hall–Kier alpha value is -1.51. The van der Waals surface area contributed by atoms with E-state index in [0.717, 1.165) is 5.75 Å². The summed E-state index contributed by atoms with van der Waals surface area (Å²) in [5.74, 6) is 0.651. The van der Waals surface area contributed by atoms with Crippen LogP contribution in [-0.2, 0) is 4.79 Å². The molecule has 0 bridgehead atoms.